The number of aliphatic hydroxyl groups is 3. The molecule has 6 aromatic heterocycles. The molecule has 0 bridgehead atoms. The zero-order valence-corrected chi connectivity index (χ0v) is 46.4. The molecular weight excluding hydrogens is 1040 g/mol. The number of aliphatic hydroxyl groups excluding tert-OH is 2. The first-order valence-electron chi connectivity index (χ1n) is 26.4. The predicted molar refractivity (Wildman–Crippen MR) is 298 cm³/mol. The molecule has 4 saturated carbocycles. The summed E-state index contributed by atoms with van der Waals surface area (Å²) in [6.45, 7) is 7.82. The Hall–Kier alpha value is -5.79. The van der Waals surface area contributed by atoms with Crippen LogP contribution in [-0.2, 0) is 25.9 Å². The number of methoxy groups -OCH3 is 1. The lowest BCUT2D eigenvalue weighted by Crippen LogP contribution is -2.49. The first-order valence-corrected chi connectivity index (χ1v) is 30.1. The molecule has 23 heteroatoms. The molecule has 11 rings (SSSR count). The highest BCUT2D eigenvalue weighted by atomic mass is 32.2. The number of ether oxygens (including phenoxy) is 3. The summed E-state index contributed by atoms with van der Waals surface area (Å²) in [4.78, 5) is 39.7. The predicted octanol–water partition coefficient (Wildman–Crippen LogP) is 7.30. The second-order valence-electron chi connectivity index (χ2n) is 21.5. The second-order valence-corrected chi connectivity index (χ2v) is 25.8. The number of aryl methyl sites for hydroxylation is 2. The monoisotopic (exact) mass is 1110 g/mol. The van der Waals surface area contributed by atoms with Gasteiger partial charge in [0.25, 0.3) is 0 Å². The number of hydrogen-bond acceptors (Lipinski definition) is 22. The molecule has 0 amide bonds. The summed E-state index contributed by atoms with van der Waals surface area (Å²) in [5.74, 6) is 1.05. The standard InChI is InChI=1S/C54H66N12O8S3/c1-27(24-72-5)57-52-58-28(2)39(50-63-42-36(75-50)17-19-55-41(42)31-15-16-31)47(65-52)61-35-21-32(23-67)44(68)45(35)74-49-43-37(18-20-56-49)76-51(64-43)40-29(3)59-53(60-34-13-10-14-34)66-48(40)62-38-22-33(26-77(6,70)71)46(54(38,4)69)73-25-30-11-8-7-9-12-30/h7-9,11-12,17-20,27,31-35,38,44-46,67-69H,10,13-16,21-26H2,1-6H3,(H2,57,58,61,65)(H2,59,60,62,66)/t27-,32-,33-,35-,38-,44-,45+,46-,54+/m1/s1. The lowest BCUT2D eigenvalue weighted by molar-refractivity contribution is -0.102. The van der Waals surface area contributed by atoms with Crippen LogP contribution in [0.15, 0.2) is 54.9 Å². The molecule has 6 heterocycles. The number of anilines is 4. The summed E-state index contributed by atoms with van der Waals surface area (Å²) in [5.41, 5.74) is 4.30. The summed E-state index contributed by atoms with van der Waals surface area (Å²) in [7, 11) is -1.82. The van der Waals surface area contributed by atoms with Crippen molar-refractivity contribution in [2.45, 2.75) is 133 Å². The molecule has 408 valence electrons. The van der Waals surface area contributed by atoms with Crippen molar-refractivity contribution in [2.75, 3.05) is 53.6 Å². The number of aromatic nitrogens is 8. The van der Waals surface area contributed by atoms with Crippen molar-refractivity contribution in [1.29, 1.82) is 0 Å². The third kappa shape index (κ3) is 11.3. The van der Waals surface area contributed by atoms with Crippen molar-refractivity contribution in [3.05, 3.63) is 77.5 Å². The number of nitrogens with one attached hydrogen (secondary N) is 4. The summed E-state index contributed by atoms with van der Waals surface area (Å²) < 4.78 is 46.2. The van der Waals surface area contributed by atoms with Gasteiger partial charge in [0.05, 0.1) is 80.9 Å². The second kappa shape index (κ2) is 21.8. The average Bonchev–Trinajstić information content (AvgIpc) is 3.84. The Morgan fingerprint density at radius 3 is 2.14 bits per heavy atom. The van der Waals surface area contributed by atoms with Gasteiger partial charge in [-0.1, -0.05) is 30.3 Å². The Morgan fingerprint density at radius 2 is 1.48 bits per heavy atom. The molecule has 0 radical (unpaired) electrons. The Morgan fingerprint density at radius 1 is 0.818 bits per heavy atom. The molecule has 0 saturated heterocycles. The highest BCUT2D eigenvalue weighted by molar-refractivity contribution is 7.90. The van der Waals surface area contributed by atoms with E-state index >= 15 is 0 Å². The molecule has 0 aliphatic heterocycles. The van der Waals surface area contributed by atoms with Gasteiger partial charge in [0.2, 0.25) is 17.8 Å². The van der Waals surface area contributed by atoms with E-state index in [9.17, 15) is 23.7 Å². The maximum atomic E-state index is 12.9. The van der Waals surface area contributed by atoms with Crippen LogP contribution < -0.4 is 26.0 Å². The fraction of sp³-hybridized carbons (Fsp3) is 0.519. The number of pyridine rings is 2. The van der Waals surface area contributed by atoms with Gasteiger partial charge in [-0.15, -0.1) is 22.7 Å². The third-order valence-electron chi connectivity index (χ3n) is 15.3. The fourth-order valence-electron chi connectivity index (χ4n) is 11.1. The quantitative estimate of drug-likeness (QED) is 0.0372. The van der Waals surface area contributed by atoms with Crippen LogP contribution in [0.3, 0.4) is 0 Å². The van der Waals surface area contributed by atoms with Crippen LogP contribution in [0.1, 0.15) is 87.4 Å². The van der Waals surface area contributed by atoms with E-state index in [2.05, 4.69) is 21.3 Å². The highest BCUT2D eigenvalue weighted by Gasteiger charge is 2.53. The molecule has 4 aliphatic rings. The van der Waals surface area contributed by atoms with E-state index in [0.29, 0.717) is 75.5 Å². The van der Waals surface area contributed by atoms with Gasteiger partial charge in [0.1, 0.15) is 54.2 Å². The zero-order valence-electron chi connectivity index (χ0n) is 43.9. The number of nitrogens with zero attached hydrogens (tertiary/aromatic N) is 8. The van der Waals surface area contributed by atoms with Crippen LogP contribution in [0.2, 0.25) is 0 Å². The maximum Gasteiger partial charge on any atom is 0.241 e. The molecule has 7 aromatic rings. The number of rotatable bonds is 21. The molecule has 0 unspecified atom stereocenters. The maximum absolute atomic E-state index is 12.9. The summed E-state index contributed by atoms with van der Waals surface area (Å²) >= 11 is 2.94. The zero-order chi connectivity index (χ0) is 53.8. The summed E-state index contributed by atoms with van der Waals surface area (Å²) in [6.07, 6.45) is 7.70. The summed E-state index contributed by atoms with van der Waals surface area (Å²) in [6, 6.07) is 12.3. The van der Waals surface area contributed by atoms with Gasteiger partial charge in [-0.25, -0.2) is 33.3 Å². The van der Waals surface area contributed by atoms with Crippen LogP contribution in [0.4, 0.5) is 23.5 Å². The Balaban J connectivity index is 0.927. The molecule has 77 heavy (non-hydrogen) atoms. The SMILES string of the molecule is COC[C@@H](C)Nc1nc(C)c(-c2nc3c(C4CC4)nccc3s2)c(N[C@@H]2C[C@H](CO)[C@@H](O)[C@H]2Oc2nccc3sc(-c4c(C)nc(NC5CCC5)nc4N[C@@H]4C[C@H](CS(C)(=O)=O)[C@@H](OCc5ccccc5)[C@@]4(C)O)nc23)n1. The van der Waals surface area contributed by atoms with E-state index in [-0.39, 0.29) is 43.4 Å². The van der Waals surface area contributed by atoms with Crippen molar-refractivity contribution < 1.29 is 37.9 Å². The van der Waals surface area contributed by atoms with E-state index < -0.39 is 57.7 Å². The lowest BCUT2D eigenvalue weighted by Gasteiger charge is -2.33. The molecule has 0 spiro atoms. The lowest BCUT2D eigenvalue weighted by atomic mass is 9.93. The largest absolute Gasteiger partial charge is 0.468 e. The number of fused-ring (bicyclic) bond motifs is 2. The molecule has 4 fully saturated rings. The fourth-order valence-corrected chi connectivity index (χ4v) is 14.3. The molecular formula is C54H66N12O8S3. The smallest absolute Gasteiger partial charge is 0.241 e. The molecule has 1 aromatic carbocycles. The number of benzene rings is 1. The minimum atomic E-state index is -3.46. The van der Waals surface area contributed by atoms with Crippen molar-refractivity contribution in [1.82, 2.24) is 39.9 Å². The minimum Gasteiger partial charge on any atom is -0.468 e. The van der Waals surface area contributed by atoms with Gasteiger partial charge < -0.3 is 50.8 Å². The van der Waals surface area contributed by atoms with Gasteiger partial charge in [0.15, 0.2) is 0 Å². The van der Waals surface area contributed by atoms with E-state index in [4.69, 9.17) is 54.1 Å². The van der Waals surface area contributed by atoms with Crippen LogP contribution in [0.5, 0.6) is 5.88 Å². The normalized spacial score (nSPS) is 25.0. The Kier molecular flexibility index (Phi) is 15.1. The molecule has 7 N–H and O–H groups in total. The van der Waals surface area contributed by atoms with Crippen LogP contribution in [0.25, 0.3) is 41.6 Å². The third-order valence-corrected chi connectivity index (χ3v) is 18.4. The molecule has 9 atom stereocenters. The van der Waals surface area contributed by atoms with E-state index in [0.717, 1.165) is 63.3 Å². The number of sulfone groups is 1. The van der Waals surface area contributed by atoms with Crippen molar-refractivity contribution in [3.8, 4) is 27.0 Å². The van der Waals surface area contributed by atoms with Gasteiger partial charge in [-0.2, -0.15) is 9.97 Å². The highest BCUT2D eigenvalue weighted by Crippen LogP contribution is 2.47. The van der Waals surface area contributed by atoms with E-state index in [1.807, 2.05) is 69.4 Å². The Bertz CT molecular complexity index is 3380. The number of hydrogen-bond donors (Lipinski definition) is 7. The average molecular weight is 1110 g/mol. The van der Waals surface area contributed by atoms with E-state index in [1.54, 1.807) is 31.6 Å². The van der Waals surface area contributed by atoms with E-state index in [1.165, 1.54) is 17.6 Å². The summed E-state index contributed by atoms with van der Waals surface area (Å²) in [5, 5.41) is 50.4. The minimum absolute atomic E-state index is 0.108. The van der Waals surface area contributed by atoms with Crippen LogP contribution in [0, 0.1) is 25.7 Å². The molecule has 20 nitrogen and oxygen atoms in total. The van der Waals surface area contributed by atoms with Gasteiger partial charge in [-0.05, 0) is 90.3 Å². The van der Waals surface area contributed by atoms with Crippen LogP contribution in [-0.4, -0.2) is 144 Å². The van der Waals surface area contributed by atoms with Gasteiger partial charge >= 0.3 is 0 Å². The van der Waals surface area contributed by atoms with Gasteiger partial charge in [0, 0.05) is 62.2 Å². The van der Waals surface area contributed by atoms with Crippen LogP contribution >= 0.6 is 22.7 Å². The van der Waals surface area contributed by atoms with Crippen molar-refractivity contribution >= 4 is 76.5 Å². The van der Waals surface area contributed by atoms with Crippen molar-refractivity contribution in [3.63, 3.8) is 0 Å². The first kappa shape index (κ1) is 53.2. The number of thiazole rings is 2. The van der Waals surface area contributed by atoms with Crippen molar-refractivity contribution in [2.24, 2.45) is 11.8 Å². The Labute approximate surface area is 455 Å². The molecule has 4 aliphatic carbocycles. The van der Waals surface area contributed by atoms with Gasteiger partial charge in [-0.3, -0.25) is 4.98 Å². The first-order chi connectivity index (χ1) is 37.0. The topological polar surface area (TPSA) is 274 Å².